The number of carbonyl (C=O) groups excluding carboxylic acids is 1. The number of ketones is 1. The largest absolute Gasteiger partial charge is 0.299 e. The summed E-state index contributed by atoms with van der Waals surface area (Å²) in [5.74, 6) is 7.54. The normalized spacial score (nSPS) is 55.6. The fourth-order valence-electron chi connectivity index (χ4n) is 7.47. The second kappa shape index (κ2) is 4.34. The molecule has 20 heavy (non-hydrogen) atoms. The minimum absolute atomic E-state index is 0.502. The highest BCUT2D eigenvalue weighted by Crippen LogP contribution is 2.58. The zero-order valence-corrected chi connectivity index (χ0v) is 12.6. The van der Waals surface area contributed by atoms with Crippen LogP contribution in [0, 0.1) is 47.3 Å². The zero-order chi connectivity index (χ0) is 13.3. The Bertz CT molecular complexity index is 397. The molecule has 6 aliphatic carbocycles. The van der Waals surface area contributed by atoms with Gasteiger partial charge in [-0.05, 0) is 92.8 Å². The van der Waals surface area contributed by atoms with Crippen molar-refractivity contribution in [3.63, 3.8) is 0 Å². The van der Waals surface area contributed by atoms with Crippen molar-refractivity contribution in [3.05, 3.63) is 0 Å². The maximum absolute atomic E-state index is 13.0. The third-order valence-electron chi connectivity index (χ3n) is 7.95. The molecule has 6 rings (SSSR count). The number of hydrogen-bond donors (Lipinski definition) is 0. The lowest BCUT2D eigenvalue weighted by Crippen LogP contribution is -2.48. The molecular formula is C19H28O. The molecule has 0 spiro atoms. The van der Waals surface area contributed by atoms with E-state index < -0.39 is 0 Å². The van der Waals surface area contributed by atoms with Gasteiger partial charge in [0.25, 0.3) is 0 Å². The SMILES string of the molecule is O=C(CC1CC2CCC1C2)C1C2CC3CC(C2)CC1C3. The van der Waals surface area contributed by atoms with Crippen molar-refractivity contribution < 1.29 is 4.79 Å². The first kappa shape index (κ1) is 12.2. The molecule has 0 aromatic heterocycles. The molecule has 6 aliphatic rings. The van der Waals surface area contributed by atoms with Crippen molar-refractivity contribution in [1.29, 1.82) is 0 Å². The molecule has 6 fully saturated rings. The minimum Gasteiger partial charge on any atom is -0.299 e. The molecule has 3 unspecified atom stereocenters. The maximum atomic E-state index is 13.0. The molecule has 0 aromatic rings. The lowest BCUT2D eigenvalue weighted by atomic mass is 9.51. The van der Waals surface area contributed by atoms with E-state index in [0.717, 1.165) is 47.8 Å². The van der Waals surface area contributed by atoms with Crippen LogP contribution in [0.4, 0.5) is 0 Å². The van der Waals surface area contributed by atoms with Crippen LogP contribution in [0.3, 0.4) is 0 Å². The van der Waals surface area contributed by atoms with Crippen molar-refractivity contribution in [1.82, 2.24) is 0 Å². The Morgan fingerprint density at radius 3 is 1.90 bits per heavy atom. The van der Waals surface area contributed by atoms with Crippen LogP contribution >= 0.6 is 0 Å². The highest BCUT2D eigenvalue weighted by molar-refractivity contribution is 5.82. The second-order valence-corrected chi connectivity index (χ2v) is 9.06. The van der Waals surface area contributed by atoms with E-state index in [9.17, 15) is 4.79 Å². The number of carbonyl (C=O) groups is 1. The van der Waals surface area contributed by atoms with E-state index in [-0.39, 0.29) is 0 Å². The van der Waals surface area contributed by atoms with Crippen molar-refractivity contribution >= 4 is 5.78 Å². The number of rotatable bonds is 3. The summed E-state index contributed by atoms with van der Waals surface area (Å²) in [6.45, 7) is 0. The summed E-state index contributed by atoms with van der Waals surface area (Å²) in [6.07, 6.45) is 13.8. The molecule has 0 N–H and O–H groups in total. The first-order valence-corrected chi connectivity index (χ1v) is 9.29. The van der Waals surface area contributed by atoms with Gasteiger partial charge in [0, 0.05) is 12.3 Å². The Morgan fingerprint density at radius 1 is 0.700 bits per heavy atom. The average molecular weight is 272 g/mol. The van der Waals surface area contributed by atoms with E-state index in [1.165, 1.54) is 57.8 Å². The Balaban J connectivity index is 1.29. The predicted molar refractivity (Wildman–Crippen MR) is 79.1 cm³/mol. The third kappa shape index (κ3) is 1.77. The topological polar surface area (TPSA) is 17.1 Å². The van der Waals surface area contributed by atoms with Gasteiger partial charge in [0.05, 0.1) is 0 Å². The van der Waals surface area contributed by atoms with Gasteiger partial charge in [0.1, 0.15) is 5.78 Å². The van der Waals surface area contributed by atoms with Crippen LogP contribution in [0.15, 0.2) is 0 Å². The summed E-state index contributed by atoms with van der Waals surface area (Å²) >= 11 is 0. The summed E-state index contributed by atoms with van der Waals surface area (Å²) in [7, 11) is 0. The predicted octanol–water partition coefficient (Wildman–Crippen LogP) is 4.45. The molecule has 0 heterocycles. The number of fused-ring (bicyclic) bond motifs is 2. The van der Waals surface area contributed by atoms with Gasteiger partial charge < -0.3 is 0 Å². The summed E-state index contributed by atoms with van der Waals surface area (Å²) in [4.78, 5) is 13.0. The minimum atomic E-state index is 0.502. The first-order chi connectivity index (χ1) is 9.76. The summed E-state index contributed by atoms with van der Waals surface area (Å²) in [6, 6.07) is 0. The van der Waals surface area contributed by atoms with E-state index in [4.69, 9.17) is 0 Å². The van der Waals surface area contributed by atoms with Gasteiger partial charge in [0.2, 0.25) is 0 Å². The molecule has 110 valence electrons. The van der Waals surface area contributed by atoms with Crippen LogP contribution in [0.5, 0.6) is 0 Å². The van der Waals surface area contributed by atoms with Crippen molar-refractivity contribution in [2.45, 2.75) is 64.2 Å². The quantitative estimate of drug-likeness (QED) is 0.741. The Kier molecular flexibility index (Phi) is 2.65. The molecule has 1 nitrogen and oxygen atoms in total. The van der Waals surface area contributed by atoms with E-state index in [0.29, 0.717) is 11.7 Å². The van der Waals surface area contributed by atoms with Crippen LogP contribution < -0.4 is 0 Å². The standard InChI is InChI=1S/C19H28O/c20-18(10-15-5-11-1-2-14(15)4-11)19-16-6-12-3-13(8-16)9-17(19)7-12/h11-17,19H,1-10H2. The van der Waals surface area contributed by atoms with E-state index in [1.807, 2.05) is 0 Å². The number of Topliss-reactive ketones (excluding diaryl/α,β-unsaturated/α-hetero) is 1. The van der Waals surface area contributed by atoms with Gasteiger partial charge >= 0.3 is 0 Å². The lowest BCUT2D eigenvalue weighted by Gasteiger charge is -2.54. The van der Waals surface area contributed by atoms with Gasteiger partial charge in [-0.1, -0.05) is 6.42 Å². The highest BCUT2D eigenvalue weighted by atomic mass is 16.1. The molecule has 0 radical (unpaired) electrons. The van der Waals surface area contributed by atoms with E-state index in [1.54, 1.807) is 0 Å². The monoisotopic (exact) mass is 272 g/mol. The van der Waals surface area contributed by atoms with Gasteiger partial charge in [-0.25, -0.2) is 0 Å². The van der Waals surface area contributed by atoms with Gasteiger partial charge in [-0.3, -0.25) is 4.79 Å². The van der Waals surface area contributed by atoms with Gasteiger partial charge in [0.15, 0.2) is 0 Å². The molecule has 1 heteroatoms. The van der Waals surface area contributed by atoms with Gasteiger partial charge in [-0.15, -0.1) is 0 Å². The molecule has 0 aromatic carbocycles. The summed E-state index contributed by atoms with van der Waals surface area (Å²) in [5, 5.41) is 0. The Hall–Kier alpha value is -0.330. The van der Waals surface area contributed by atoms with Crippen molar-refractivity contribution in [2.24, 2.45) is 47.3 Å². The van der Waals surface area contributed by atoms with E-state index >= 15 is 0 Å². The lowest BCUT2D eigenvalue weighted by molar-refractivity contribution is -0.137. The molecule has 0 saturated heterocycles. The molecule has 6 saturated carbocycles. The van der Waals surface area contributed by atoms with Crippen LogP contribution in [-0.2, 0) is 4.79 Å². The molecule has 6 bridgehead atoms. The van der Waals surface area contributed by atoms with E-state index in [2.05, 4.69) is 0 Å². The highest BCUT2D eigenvalue weighted by Gasteiger charge is 2.51. The van der Waals surface area contributed by atoms with Crippen molar-refractivity contribution in [3.8, 4) is 0 Å². The van der Waals surface area contributed by atoms with Crippen LogP contribution in [0.1, 0.15) is 64.2 Å². The number of hydrogen-bond acceptors (Lipinski definition) is 1. The zero-order valence-electron chi connectivity index (χ0n) is 12.6. The van der Waals surface area contributed by atoms with Crippen molar-refractivity contribution in [2.75, 3.05) is 0 Å². The van der Waals surface area contributed by atoms with Crippen LogP contribution in [0.25, 0.3) is 0 Å². The maximum Gasteiger partial charge on any atom is 0.136 e. The smallest absolute Gasteiger partial charge is 0.136 e. The van der Waals surface area contributed by atoms with Gasteiger partial charge in [-0.2, -0.15) is 0 Å². The fraction of sp³-hybridized carbons (Fsp3) is 0.947. The fourth-order valence-corrected chi connectivity index (χ4v) is 7.47. The second-order valence-electron chi connectivity index (χ2n) is 9.06. The molecule has 0 amide bonds. The molecule has 3 atom stereocenters. The van der Waals surface area contributed by atoms with Crippen LogP contribution in [0.2, 0.25) is 0 Å². The average Bonchev–Trinajstić information content (AvgIpc) is 2.99. The first-order valence-electron chi connectivity index (χ1n) is 9.29. The Morgan fingerprint density at radius 2 is 1.35 bits per heavy atom. The third-order valence-corrected chi connectivity index (χ3v) is 7.95. The summed E-state index contributed by atoms with van der Waals surface area (Å²) in [5.41, 5.74) is 0. The van der Waals surface area contributed by atoms with Crippen LogP contribution in [-0.4, -0.2) is 5.78 Å². The molecular weight excluding hydrogens is 244 g/mol. The molecule has 0 aliphatic heterocycles. The Labute approximate surface area is 122 Å². The summed E-state index contributed by atoms with van der Waals surface area (Å²) < 4.78 is 0.